The SMILES string of the molecule is O=C(CCOC1CCNCC1)NCCC1=CCCC1. The van der Waals surface area contributed by atoms with Crippen molar-refractivity contribution in [1.82, 2.24) is 10.6 Å². The molecule has 1 saturated heterocycles. The molecule has 1 fully saturated rings. The van der Waals surface area contributed by atoms with E-state index >= 15 is 0 Å². The van der Waals surface area contributed by atoms with E-state index in [0.717, 1.165) is 38.9 Å². The van der Waals surface area contributed by atoms with Crippen LogP contribution in [0.15, 0.2) is 11.6 Å². The van der Waals surface area contributed by atoms with E-state index in [4.69, 9.17) is 4.74 Å². The first-order valence-electron chi connectivity index (χ1n) is 7.61. The zero-order chi connectivity index (χ0) is 13.3. The lowest BCUT2D eigenvalue weighted by Gasteiger charge is -2.22. The van der Waals surface area contributed by atoms with Crippen LogP contribution in [-0.4, -0.2) is 38.3 Å². The maximum Gasteiger partial charge on any atom is 0.222 e. The third-order valence-corrected chi connectivity index (χ3v) is 3.87. The van der Waals surface area contributed by atoms with Crippen molar-refractivity contribution in [2.75, 3.05) is 26.2 Å². The number of rotatable bonds is 7. The van der Waals surface area contributed by atoms with Gasteiger partial charge in [-0.3, -0.25) is 4.79 Å². The summed E-state index contributed by atoms with van der Waals surface area (Å²) < 4.78 is 5.72. The lowest BCUT2D eigenvalue weighted by molar-refractivity contribution is -0.122. The Morgan fingerprint density at radius 2 is 2.26 bits per heavy atom. The molecule has 1 aliphatic heterocycles. The van der Waals surface area contributed by atoms with Crippen LogP contribution in [0.25, 0.3) is 0 Å². The Bertz CT molecular complexity index is 309. The van der Waals surface area contributed by atoms with Gasteiger partial charge in [0.2, 0.25) is 5.91 Å². The highest BCUT2D eigenvalue weighted by molar-refractivity contribution is 5.75. The summed E-state index contributed by atoms with van der Waals surface area (Å²) in [4.78, 5) is 11.6. The second-order valence-corrected chi connectivity index (χ2v) is 5.42. The molecule has 0 spiro atoms. The quantitative estimate of drug-likeness (QED) is 0.690. The predicted molar refractivity (Wildman–Crippen MR) is 76.0 cm³/mol. The summed E-state index contributed by atoms with van der Waals surface area (Å²) in [5, 5.41) is 6.28. The molecule has 4 nitrogen and oxygen atoms in total. The molecule has 0 aromatic rings. The molecule has 2 rings (SSSR count). The molecule has 0 atom stereocenters. The van der Waals surface area contributed by atoms with Crippen molar-refractivity contribution in [3.05, 3.63) is 11.6 Å². The maximum atomic E-state index is 11.6. The maximum absolute atomic E-state index is 11.6. The second kappa shape index (κ2) is 8.33. The minimum atomic E-state index is 0.118. The topological polar surface area (TPSA) is 50.4 Å². The van der Waals surface area contributed by atoms with E-state index in [0.29, 0.717) is 19.1 Å². The van der Waals surface area contributed by atoms with Crippen molar-refractivity contribution in [3.8, 4) is 0 Å². The normalized spacial score (nSPS) is 20.3. The van der Waals surface area contributed by atoms with E-state index in [1.54, 1.807) is 0 Å². The van der Waals surface area contributed by atoms with Gasteiger partial charge in [-0.05, 0) is 51.6 Å². The minimum Gasteiger partial charge on any atom is -0.378 e. The number of allylic oxidation sites excluding steroid dienone is 1. The molecule has 0 unspecified atom stereocenters. The molecule has 0 bridgehead atoms. The predicted octanol–water partition coefficient (Wildman–Crippen LogP) is 1.76. The average Bonchev–Trinajstić information content (AvgIpc) is 2.93. The molecule has 0 saturated carbocycles. The number of hydrogen-bond acceptors (Lipinski definition) is 3. The van der Waals surface area contributed by atoms with E-state index in [-0.39, 0.29) is 5.91 Å². The Labute approximate surface area is 116 Å². The first-order valence-corrected chi connectivity index (χ1v) is 7.61. The smallest absolute Gasteiger partial charge is 0.222 e. The fraction of sp³-hybridized carbons (Fsp3) is 0.800. The summed E-state index contributed by atoms with van der Waals surface area (Å²) in [6, 6.07) is 0. The van der Waals surface area contributed by atoms with Gasteiger partial charge >= 0.3 is 0 Å². The van der Waals surface area contributed by atoms with Crippen LogP contribution in [0, 0.1) is 0 Å². The van der Waals surface area contributed by atoms with Gasteiger partial charge in [0.05, 0.1) is 12.7 Å². The van der Waals surface area contributed by atoms with Gasteiger partial charge < -0.3 is 15.4 Å². The van der Waals surface area contributed by atoms with Crippen molar-refractivity contribution in [3.63, 3.8) is 0 Å². The number of carbonyl (C=O) groups is 1. The Balaban J connectivity index is 1.47. The van der Waals surface area contributed by atoms with Crippen molar-refractivity contribution >= 4 is 5.91 Å². The first-order chi connectivity index (χ1) is 9.34. The van der Waals surface area contributed by atoms with Gasteiger partial charge in [-0.25, -0.2) is 0 Å². The van der Waals surface area contributed by atoms with Crippen molar-refractivity contribution in [1.29, 1.82) is 0 Å². The lowest BCUT2D eigenvalue weighted by atomic mass is 10.1. The van der Waals surface area contributed by atoms with Gasteiger partial charge in [-0.1, -0.05) is 11.6 Å². The Morgan fingerprint density at radius 1 is 1.42 bits per heavy atom. The van der Waals surface area contributed by atoms with Crippen LogP contribution in [0.1, 0.15) is 44.9 Å². The van der Waals surface area contributed by atoms with Crippen LogP contribution in [0.5, 0.6) is 0 Å². The fourth-order valence-corrected chi connectivity index (χ4v) is 2.70. The van der Waals surface area contributed by atoms with Gasteiger partial charge in [0.25, 0.3) is 0 Å². The van der Waals surface area contributed by atoms with Gasteiger partial charge in [-0.15, -0.1) is 0 Å². The summed E-state index contributed by atoms with van der Waals surface area (Å²) in [7, 11) is 0. The lowest BCUT2D eigenvalue weighted by Crippen LogP contribution is -2.33. The number of carbonyl (C=O) groups excluding carboxylic acids is 1. The molecule has 0 radical (unpaired) electrons. The first kappa shape index (κ1) is 14.5. The molecule has 2 aliphatic rings. The number of piperidine rings is 1. The van der Waals surface area contributed by atoms with Gasteiger partial charge in [0.1, 0.15) is 0 Å². The van der Waals surface area contributed by atoms with E-state index in [9.17, 15) is 4.79 Å². The molecule has 1 amide bonds. The molecule has 4 heteroatoms. The molecule has 108 valence electrons. The molecule has 19 heavy (non-hydrogen) atoms. The molecular weight excluding hydrogens is 240 g/mol. The number of nitrogens with one attached hydrogen (secondary N) is 2. The van der Waals surface area contributed by atoms with Gasteiger partial charge in [0.15, 0.2) is 0 Å². The zero-order valence-corrected chi connectivity index (χ0v) is 11.7. The highest BCUT2D eigenvalue weighted by atomic mass is 16.5. The molecule has 2 N–H and O–H groups in total. The summed E-state index contributed by atoms with van der Waals surface area (Å²) in [6.45, 7) is 3.40. The number of ether oxygens (including phenoxy) is 1. The molecule has 0 aromatic carbocycles. The summed E-state index contributed by atoms with van der Waals surface area (Å²) in [5.74, 6) is 0.118. The van der Waals surface area contributed by atoms with Crippen LogP contribution in [-0.2, 0) is 9.53 Å². The van der Waals surface area contributed by atoms with Gasteiger partial charge in [0, 0.05) is 13.0 Å². The van der Waals surface area contributed by atoms with E-state index in [1.807, 2.05) is 0 Å². The van der Waals surface area contributed by atoms with Crippen LogP contribution in [0.3, 0.4) is 0 Å². The van der Waals surface area contributed by atoms with Crippen molar-refractivity contribution in [2.45, 2.75) is 51.0 Å². The summed E-state index contributed by atoms with van der Waals surface area (Å²) in [6.07, 6.45) is 10.0. The van der Waals surface area contributed by atoms with Crippen molar-refractivity contribution < 1.29 is 9.53 Å². The third-order valence-electron chi connectivity index (χ3n) is 3.87. The zero-order valence-electron chi connectivity index (χ0n) is 11.7. The molecule has 1 heterocycles. The van der Waals surface area contributed by atoms with E-state index in [1.165, 1.54) is 24.8 Å². The Kier molecular flexibility index (Phi) is 6.37. The highest BCUT2D eigenvalue weighted by Gasteiger charge is 2.13. The van der Waals surface area contributed by atoms with Crippen molar-refractivity contribution in [2.24, 2.45) is 0 Å². The standard InChI is InChI=1S/C15H26N2O2/c18-15(17-11-5-13-3-1-2-4-13)8-12-19-14-6-9-16-10-7-14/h3,14,16H,1-2,4-12H2,(H,17,18). The van der Waals surface area contributed by atoms with Crippen LogP contribution < -0.4 is 10.6 Å². The Morgan fingerprint density at radius 3 is 3.00 bits per heavy atom. The number of hydrogen-bond donors (Lipinski definition) is 2. The Hall–Kier alpha value is -0.870. The fourth-order valence-electron chi connectivity index (χ4n) is 2.70. The second-order valence-electron chi connectivity index (χ2n) is 5.42. The van der Waals surface area contributed by atoms with E-state index < -0.39 is 0 Å². The monoisotopic (exact) mass is 266 g/mol. The van der Waals surface area contributed by atoms with E-state index in [2.05, 4.69) is 16.7 Å². The minimum absolute atomic E-state index is 0.118. The molecule has 1 aliphatic carbocycles. The van der Waals surface area contributed by atoms with Gasteiger partial charge in [-0.2, -0.15) is 0 Å². The third kappa shape index (κ3) is 5.74. The average molecular weight is 266 g/mol. The highest BCUT2D eigenvalue weighted by Crippen LogP contribution is 2.19. The molecule has 0 aromatic heterocycles. The van der Waals surface area contributed by atoms with Crippen LogP contribution >= 0.6 is 0 Å². The number of amides is 1. The summed E-state index contributed by atoms with van der Waals surface area (Å²) in [5.41, 5.74) is 1.51. The molecular formula is C15H26N2O2. The van der Waals surface area contributed by atoms with Crippen LogP contribution in [0.2, 0.25) is 0 Å². The largest absolute Gasteiger partial charge is 0.378 e. The van der Waals surface area contributed by atoms with Crippen LogP contribution in [0.4, 0.5) is 0 Å². The summed E-state index contributed by atoms with van der Waals surface area (Å²) >= 11 is 0.